The van der Waals surface area contributed by atoms with Crippen molar-refractivity contribution in [2.24, 2.45) is 0 Å². The molecular weight excluding hydrogens is 410 g/mol. The molecule has 2 aromatic carbocycles. The van der Waals surface area contributed by atoms with Crippen molar-refractivity contribution in [3.8, 4) is 0 Å². The summed E-state index contributed by atoms with van der Waals surface area (Å²) in [5.74, 6) is -1.04. The zero-order valence-electron chi connectivity index (χ0n) is 13.1. The van der Waals surface area contributed by atoms with Crippen LogP contribution >= 0.6 is 22.6 Å². The minimum atomic E-state index is -0.578. The number of nitrogens with zero attached hydrogens (tertiary/aromatic N) is 1. The van der Waals surface area contributed by atoms with Crippen LogP contribution < -0.4 is 5.32 Å². The van der Waals surface area contributed by atoms with Crippen LogP contribution in [-0.2, 0) is 0 Å². The van der Waals surface area contributed by atoms with E-state index in [0.29, 0.717) is 10.8 Å². The summed E-state index contributed by atoms with van der Waals surface area (Å²) in [5, 5.41) is 13.6. The van der Waals surface area contributed by atoms with Crippen LogP contribution in [0.25, 0.3) is 0 Å². The number of aryl methyl sites for hydroxylation is 1. The molecule has 122 valence electrons. The van der Waals surface area contributed by atoms with E-state index in [1.54, 1.807) is 13.8 Å². The van der Waals surface area contributed by atoms with Gasteiger partial charge in [0.2, 0.25) is 0 Å². The molecule has 0 saturated heterocycles. The topological polar surface area (TPSA) is 52.6 Å². The van der Waals surface area contributed by atoms with E-state index in [1.807, 2.05) is 25.1 Å². The molecular formula is C17H18FIN2O2. The molecule has 0 heterocycles. The molecule has 0 aromatic heterocycles. The molecule has 0 bridgehead atoms. The minimum Gasteiger partial charge on any atom is -0.355 e. The summed E-state index contributed by atoms with van der Waals surface area (Å²) in [7, 11) is 0. The van der Waals surface area contributed by atoms with E-state index in [9.17, 15) is 14.4 Å². The Balaban J connectivity index is 2.41. The molecule has 0 aliphatic rings. The fraction of sp³-hybridized carbons (Fsp3) is 0.235. The number of anilines is 2. The van der Waals surface area contributed by atoms with Gasteiger partial charge in [-0.3, -0.25) is 10.0 Å². The van der Waals surface area contributed by atoms with Crippen molar-refractivity contribution in [1.29, 1.82) is 0 Å². The SMILES string of the molecule is Cc1cc(I)ccc1Nc1cc(F)ccc1C(=O)N(O)C(C)C. The van der Waals surface area contributed by atoms with Gasteiger partial charge in [0, 0.05) is 9.26 Å². The number of rotatable bonds is 4. The second-order valence-electron chi connectivity index (χ2n) is 5.52. The predicted molar refractivity (Wildman–Crippen MR) is 96.7 cm³/mol. The number of nitrogens with one attached hydrogen (secondary N) is 1. The molecule has 1 amide bonds. The molecule has 2 rings (SSSR count). The zero-order chi connectivity index (χ0) is 17.1. The van der Waals surface area contributed by atoms with E-state index in [0.717, 1.165) is 14.8 Å². The highest BCUT2D eigenvalue weighted by Gasteiger charge is 2.20. The van der Waals surface area contributed by atoms with Gasteiger partial charge in [-0.25, -0.2) is 9.45 Å². The number of amides is 1. The minimum absolute atomic E-state index is 0.209. The van der Waals surface area contributed by atoms with Gasteiger partial charge in [0.15, 0.2) is 0 Å². The van der Waals surface area contributed by atoms with Crippen molar-refractivity contribution in [3.05, 3.63) is 56.9 Å². The Bertz CT molecular complexity index is 735. The number of carbonyl (C=O) groups excluding carboxylic acids is 1. The van der Waals surface area contributed by atoms with Crippen LogP contribution in [0.4, 0.5) is 15.8 Å². The lowest BCUT2D eigenvalue weighted by Crippen LogP contribution is -2.34. The monoisotopic (exact) mass is 428 g/mol. The van der Waals surface area contributed by atoms with E-state index in [2.05, 4.69) is 27.9 Å². The smallest absolute Gasteiger partial charge is 0.279 e. The molecule has 0 unspecified atom stereocenters. The van der Waals surface area contributed by atoms with Crippen LogP contribution in [0.3, 0.4) is 0 Å². The van der Waals surface area contributed by atoms with Crippen molar-refractivity contribution in [2.75, 3.05) is 5.32 Å². The van der Waals surface area contributed by atoms with Crippen LogP contribution in [0.5, 0.6) is 0 Å². The van der Waals surface area contributed by atoms with Crippen molar-refractivity contribution in [2.45, 2.75) is 26.8 Å². The highest BCUT2D eigenvalue weighted by atomic mass is 127. The summed E-state index contributed by atoms with van der Waals surface area (Å²) in [5.41, 5.74) is 2.28. The third-order valence-electron chi connectivity index (χ3n) is 3.37. The number of hydroxylamine groups is 2. The molecule has 2 N–H and O–H groups in total. The largest absolute Gasteiger partial charge is 0.355 e. The lowest BCUT2D eigenvalue weighted by atomic mass is 10.1. The van der Waals surface area contributed by atoms with Gasteiger partial charge in [0.05, 0.1) is 17.3 Å². The van der Waals surface area contributed by atoms with Gasteiger partial charge in [-0.2, -0.15) is 0 Å². The Labute approximate surface area is 148 Å². The molecule has 0 saturated carbocycles. The highest BCUT2D eigenvalue weighted by molar-refractivity contribution is 14.1. The van der Waals surface area contributed by atoms with Gasteiger partial charge in [-0.1, -0.05) is 0 Å². The highest BCUT2D eigenvalue weighted by Crippen LogP contribution is 2.26. The lowest BCUT2D eigenvalue weighted by Gasteiger charge is -2.21. The van der Waals surface area contributed by atoms with Crippen molar-refractivity contribution in [1.82, 2.24) is 5.06 Å². The second-order valence-corrected chi connectivity index (χ2v) is 6.76. The van der Waals surface area contributed by atoms with Gasteiger partial charge in [0.25, 0.3) is 5.91 Å². The molecule has 0 spiro atoms. The summed E-state index contributed by atoms with van der Waals surface area (Å²) in [6.07, 6.45) is 0. The Kier molecular flexibility index (Phi) is 5.59. The first-order chi connectivity index (χ1) is 10.8. The maximum absolute atomic E-state index is 13.6. The Morgan fingerprint density at radius 1 is 1.22 bits per heavy atom. The quantitative estimate of drug-likeness (QED) is 0.421. The average Bonchev–Trinajstić information content (AvgIpc) is 2.48. The normalized spacial score (nSPS) is 10.7. The van der Waals surface area contributed by atoms with Crippen LogP contribution in [0, 0.1) is 16.3 Å². The molecule has 0 radical (unpaired) electrons. The van der Waals surface area contributed by atoms with Gasteiger partial charge in [-0.15, -0.1) is 0 Å². The first-order valence-electron chi connectivity index (χ1n) is 7.14. The Morgan fingerprint density at radius 3 is 2.52 bits per heavy atom. The van der Waals surface area contributed by atoms with Crippen LogP contribution in [-0.4, -0.2) is 22.2 Å². The lowest BCUT2D eigenvalue weighted by molar-refractivity contribution is -0.0793. The fourth-order valence-corrected chi connectivity index (χ4v) is 2.72. The van der Waals surface area contributed by atoms with E-state index in [4.69, 9.17) is 0 Å². The molecule has 0 aliphatic carbocycles. The van der Waals surface area contributed by atoms with Crippen LogP contribution in [0.15, 0.2) is 36.4 Å². The predicted octanol–water partition coefficient (Wildman–Crippen LogP) is 4.72. The Hall–Kier alpha value is -1.67. The zero-order valence-corrected chi connectivity index (χ0v) is 15.3. The molecule has 0 fully saturated rings. The summed E-state index contributed by atoms with van der Waals surface area (Å²) < 4.78 is 14.7. The standard InChI is InChI=1S/C17H18FIN2O2/c1-10(2)21(23)17(22)14-6-4-12(18)9-16(14)20-15-7-5-13(19)8-11(15)3/h4-10,20,23H,1-3H3. The number of benzene rings is 2. The van der Waals surface area contributed by atoms with Gasteiger partial charge >= 0.3 is 0 Å². The van der Waals surface area contributed by atoms with Crippen molar-refractivity contribution >= 4 is 39.9 Å². The summed E-state index contributed by atoms with van der Waals surface area (Å²) in [6.45, 7) is 5.31. The summed E-state index contributed by atoms with van der Waals surface area (Å²) in [6, 6.07) is 9.22. The second kappa shape index (κ2) is 7.27. The molecule has 0 atom stereocenters. The van der Waals surface area contributed by atoms with Gasteiger partial charge < -0.3 is 5.32 Å². The number of carbonyl (C=O) groups is 1. The molecule has 2 aromatic rings. The summed E-state index contributed by atoms with van der Waals surface area (Å²) >= 11 is 2.21. The van der Waals surface area contributed by atoms with E-state index < -0.39 is 11.7 Å². The molecule has 23 heavy (non-hydrogen) atoms. The van der Waals surface area contributed by atoms with E-state index in [-0.39, 0.29) is 11.6 Å². The first-order valence-corrected chi connectivity index (χ1v) is 8.22. The van der Waals surface area contributed by atoms with Gasteiger partial charge in [0.1, 0.15) is 5.82 Å². The van der Waals surface area contributed by atoms with Gasteiger partial charge in [-0.05, 0) is 85.3 Å². The van der Waals surface area contributed by atoms with Crippen molar-refractivity contribution < 1.29 is 14.4 Å². The number of halogens is 2. The van der Waals surface area contributed by atoms with Crippen LogP contribution in [0.2, 0.25) is 0 Å². The number of hydrogen-bond acceptors (Lipinski definition) is 3. The van der Waals surface area contributed by atoms with Crippen LogP contribution in [0.1, 0.15) is 29.8 Å². The maximum Gasteiger partial charge on any atom is 0.279 e. The first kappa shape index (κ1) is 17.7. The maximum atomic E-state index is 13.6. The molecule has 4 nitrogen and oxygen atoms in total. The fourth-order valence-electron chi connectivity index (χ4n) is 2.08. The van der Waals surface area contributed by atoms with E-state index >= 15 is 0 Å². The Morgan fingerprint density at radius 2 is 1.91 bits per heavy atom. The third-order valence-corrected chi connectivity index (χ3v) is 4.04. The van der Waals surface area contributed by atoms with Crippen molar-refractivity contribution in [3.63, 3.8) is 0 Å². The average molecular weight is 428 g/mol. The number of hydrogen-bond donors (Lipinski definition) is 2. The summed E-state index contributed by atoms with van der Waals surface area (Å²) in [4.78, 5) is 12.4. The molecule has 6 heteroatoms. The third kappa shape index (κ3) is 4.20. The van der Waals surface area contributed by atoms with E-state index in [1.165, 1.54) is 18.2 Å². The molecule has 0 aliphatic heterocycles.